The Morgan fingerprint density at radius 3 is 2.56 bits per heavy atom. The minimum atomic E-state index is -1.45. The van der Waals surface area contributed by atoms with Gasteiger partial charge in [0.05, 0.1) is 13.7 Å². The molecule has 5 heteroatoms. The molecule has 0 radical (unpaired) electrons. The van der Waals surface area contributed by atoms with Crippen LogP contribution in [0.25, 0.3) is 0 Å². The van der Waals surface area contributed by atoms with Gasteiger partial charge in [-0.05, 0) is 5.56 Å². The van der Waals surface area contributed by atoms with Crippen LogP contribution in [0.4, 0.5) is 4.79 Å². The third-order valence-corrected chi connectivity index (χ3v) is 2.25. The van der Waals surface area contributed by atoms with Crippen LogP contribution in [0.15, 0.2) is 30.3 Å². The van der Waals surface area contributed by atoms with E-state index in [-0.39, 0.29) is 0 Å². The van der Waals surface area contributed by atoms with Crippen LogP contribution < -0.4 is 5.32 Å². The summed E-state index contributed by atoms with van der Waals surface area (Å²) in [4.78, 5) is 22.2. The highest BCUT2D eigenvalue weighted by molar-refractivity contribution is 5.78. The second-order valence-corrected chi connectivity index (χ2v) is 3.23. The predicted octanol–water partition coefficient (Wildman–Crippen LogP) is 0.429. The number of hydrogen-bond donors (Lipinski definition) is 2. The first kappa shape index (κ1) is 12.2. The van der Waals surface area contributed by atoms with Crippen LogP contribution in [0, 0.1) is 0 Å². The number of carbonyl (C=O) groups is 2. The zero-order chi connectivity index (χ0) is 12.0. The van der Waals surface area contributed by atoms with Crippen molar-refractivity contribution in [1.82, 2.24) is 5.32 Å². The van der Waals surface area contributed by atoms with Gasteiger partial charge in [0, 0.05) is 0 Å². The summed E-state index contributed by atoms with van der Waals surface area (Å²) in [6.07, 6.45) is -0.288. The van der Waals surface area contributed by atoms with Crippen LogP contribution in [0.3, 0.4) is 0 Å². The van der Waals surface area contributed by atoms with Crippen molar-refractivity contribution < 1.29 is 19.4 Å². The molecule has 0 aliphatic rings. The van der Waals surface area contributed by atoms with E-state index in [9.17, 15) is 14.7 Å². The Balaban J connectivity index is 3.06. The highest BCUT2D eigenvalue weighted by Crippen LogP contribution is 2.18. The number of aliphatic hydroxyl groups is 1. The maximum absolute atomic E-state index is 11.1. The number of carbonyl (C=O) groups excluding carboxylic acids is 2. The fourth-order valence-corrected chi connectivity index (χ4v) is 1.31. The van der Waals surface area contributed by atoms with E-state index in [1.807, 2.05) is 0 Å². The lowest BCUT2D eigenvalue weighted by Gasteiger charge is -2.26. The van der Waals surface area contributed by atoms with Crippen LogP contribution in [0.2, 0.25) is 0 Å². The summed E-state index contributed by atoms with van der Waals surface area (Å²) < 4.78 is 4.41. The molecule has 0 fully saturated rings. The number of methoxy groups -OCH3 is 1. The van der Waals surface area contributed by atoms with Crippen molar-refractivity contribution in [2.75, 3.05) is 13.7 Å². The summed E-state index contributed by atoms with van der Waals surface area (Å²) in [6.45, 7) is -0.532. The Morgan fingerprint density at radius 2 is 2.12 bits per heavy atom. The van der Waals surface area contributed by atoms with Gasteiger partial charge in [-0.2, -0.15) is 0 Å². The minimum Gasteiger partial charge on any atom is -0.453 e. The Labute approximate surface area is 93.0 Å². The van der Waals surface area contributed by atoms with Crippen molar-refractivity contribution in [2.45, 2.75) is 5.54 Å². The molecule has 1 aromatic rings. The van der Waals surface area contributed by atoms with Gasteiger partial charge in [-0.25, -0.2) is 4.79 Å². The van der Waals surface area contributed by atoms with Gasteiger partial charge < -0.3 is 20.0 Å². The molecule has 1 amide bonds. The van der Waals surface area contributed by atoms with Gasteiger partial charge in [0.2, 0.25) is 0 Å². The predicted molar refractivity (Wildman–Crippen MR) is 56.8 cm³/mol. The summed E-state index contributed by atoms with van der Waals surface area (Å²) in [6, 6.07) is 8.47. The van der Waals surface area contributed by atoms with Crippen LogP contribution in [0.1, 0.15) is 5.56 Å². The van der Waals surface area contributed by atoms with Crippen molar-refractivity contribution in [3.8, 4) is 0 Å². The normalized spacial score (nSPS) is 13.6. The zero-order valence-electron chi connectivity index (χ0n) is 8.84. The average molecular weight is 223 g/mol. The van der Waals surface area contributed by atoms with Crippen molar-refractivity contribution in [1.29, 1.82) is 0 Å². The monoisotopic (exact) mass is 223 g/mol. The number of hydrogen-bond acceptors (Lipinski definition) is 4. The van der Waals surface area contributed by atoms with E-state index >= 15 is 0 Å². The van der Waals surface area contributed by atoms with Gasteiger partial charge in [-0.1, -0.05) is 30.3 Å². The van der Waals surface area contributed by atoms with Gasteiger partial charge in [0.25, 0.3) is 0 Å². The maximum atomic E-state index is 11.1. The molecule has 0 saturated carbocycles. The van der Waals surface area contributed by atoms with Gasteiger partial charge in [0.15, 0.2) is 6.29 Å². The molecule has 0 aliphatic carbocycles. The van der Waals surface area contributed by atoms with Crippen LogP contribution in [-0.4, -0.2) is 31.2 Å². The highest BCUT2D eigenvalue weighted by Gasteiger charge is 2.33. The third-order valence-electron chi connectivity index (χ3n) is 2.25. The number of nitrogens with one attached hydrogen (secondary N) is 1. The Kier molecular flexibility index (Phi) is 4.02. The molecule has 0 heterocycles. The van der Waals surface area contributed by atoms with E-state index < -0.39 is 18.2 Å². The fourth-order valence-electron chi connectivity index (χ4n) is 1.31. The number of alkyl carbamates (subject to hydrolysis) is 1. The molecule has 1 atom stereocenters. The smallest absolute Gasteiger partial charge is 0.407 e. The van der Waals surface area contributed by atoms with Gasteiger partial charge in [-0.15, -0.1) is 0 Å². The lowest BCUT2D eigenvalue weighted by atomic mass is 9.92. The van der Waals surface area contributed by atoms with E-state index in [1.54, 1.807) is 30.3 Å². The third kappa shape index (κ3) is 2.38. The van der Waals surface area contributed by atoms with Gasteiger partial charge in [0.1, 0.15) is 5.54 Å². The lowest BCUT2D eigenvalue weighted by Crippen LogP contribution is -2.50. The molecule has 0 unspecified atom stereocenters. The highest BCUT2D eigenvalue weighted by atomic mass is 16.5. The van der Waals surface area contributed by atoms with Gasteiger partial charge >= 0.3 is 6.09 Å². The Morgan fingerprint density at radius 1 is 1.50 bits per heavy atom. The largest absolute Gasteiger partial charge is 0.453 e. The summed E-state index contributed by atoms with van der Waals surface area (Å²) in [5, 5.41) is 11.6. The molecule has 0 spiro atoms. The quantitative estimate of drug-likeness (QED) is 0.726. The van der Waals surface area contributed by atoms with Crippen LogP contribution >= 0.6 is 0 Å². The summed E-state index contributed by atoms with van der Waals surface area (Å²) in [5.74, 6) is 0. The number of aliphatic hydroxyl groups excluding tert-OH is 1. The number of aldehydes is 1. The van der Waals surface area contributed by atoms with Crippen LogP contribution in [-0.2, 0) is 15.1 Å². The zero-order valence-corrected chi connectivity index (χ0v) is 8.84. The maximum Gasteiger partial charge on any atom is 0.407 e. The van der Waals surface area contributed by atoms with E-state index in [2.05, 4.69) is 10.1 Å². The molecular weight excluding hydrogens is 210 g/mol. The second-order valence-electron chi connectivity index (χ2n) is 3.23. The molecule has 1 rings (SSSR count). The van der Waals surface area contributed by atoms with Crippen molar-refractivity contribution in [3.63, 3.8) is 0 Å². The first-order valence-corrected chi connectivity index (χ1v) is 4.67. The van der Waals surface area contributed by atoms with E-state index in [0.29, 0.717) is 11.8 Å². The molecule has 2 N–H and O–H groups in total. The molecule has 1 aromatic carbocycles. The number of ether oxygens (including phenoxy) is 1. The van der Waals surface area contributed by atoms with Crippen molar-refractivity contribution in [3.05, 3.63) is 35.9 Å². The Bertz CT molecular complexity index is 366. The molecule has 5 nitrogen and oxygen atoms in total. The Hall–Kier alpha value is -1.88. The number of rotatable bonds is 4. The molecule has 0 bridgehead atoms. The summed E-state index contributed by atoms with van der Waals surface area (Å²) >= 11 is 0. The minimum absolute atomic E-state index is 0.485. The van der Waals surface area contributed by atoms with Crippen molar-refractivity contribution >= 4 is 12.4 Å². The summed E-state index contributed by atoms with van der Waals surface area (Å²) in [7, 11) is 1.19. The molecule has 0 aromatic heterocycles. The van der Waals surface area contributed by atoms with E-state index in [4.69, 9.17) is 0 Å². The average Bonchev–Trinajstić information content (AvgIpc) is 2.37. The first-order valence-electron chi connectivity index (χ1n) is 4.67. The topological polar surface area (TPSA) is 75.6 Å². The first-order chi connectivity index (χ1) is 7.68. The number of benzene rings is 1. The molecule has 86 valence electrons. The van der Waals surface area contributed by atoms with E-state index in [1.165, 1.54) is 7.11 Å². The summed E-state index contributed by atoms with van der Waals surface area (Å²) in [5.41, 5.74) is -0.952. The van der Waals surface area contributed by atoms with E-state index in [0.717, 1.165) is 0 Å². The fraction of sp³-hybridized carbons (Fsp3) is 0.273. The SMILES string of the molecule is COC(=O)N[C@](C=O)(CO)c1ccccc1. The van der Waals surface area contributed by atoms with Crippen LogP contribution in [0.5, 0.6) is 0 Å². The molecule has 16 heavy (non-hydrogen) atoms. The lowest BCUT2D eigenvalue weighted by molar-refractivity contribution is -0.115. The second kappa shape index (κ2) is 5.27. The molecular formula is C11H13NO4. The van der Waals surface area contributed by atoms with Crippen molar-refractivity contribution in [2.24, 2.45) is 0 Å². The number of amides is 1. The molecule has 0 aliphatic heterocycles. The van der Waals surface area contributed by atoms with Gasteiger partial charge in [-0.3, -0.25) is 0 Å². The standard InChI is InChI=1S/C11H13NO4/c1-16-10(15)12-11(7-13,8-14)9-5-3-2-4-6-9/h2-7,14H,8H2,1H3,(H,12,15)/t11-/m1/s1. The molecule has 0 saturated heterocycles.